The number of ether oxygens (including phenoxy) is 3. The van der Waals surface area contributed by atoms with E-state index in [2.05, 4.69) is 4.99 Å². The number of methoxy groups -OCH3 is 1. The summed E-state index contributed by atoms with van der Waals surface area (Å²) in [6.45, 7) is 3.79. The van der Waals surface area contributed by atoms with Gasteiger partial charge in [-0.05, 0) is 49.4 Å². The number of nitrogens with zero attached hydrogens (tertiary/aromatic N) is 1. The first-order valence-electron chi connectivity index (χ1n) is 9.29. The Morgan fingerprint density at radius 3 is 2.50 bits per heavy atom. The quantitative estimate of drug-likeness (QED) is 0.573. The average Bonchev–Trinajstić information content (AvgIpc) is 2.74. The third kappa shape index (κ3) is 4.91. The molecule has 0 aliphatic rings. The van der Waals surface area contributed by atoms with Gasteiger partial charge in [0.25, 0.3) is 0 Å². The van der Waals surface area contributed by atoms with Crippen LogP contribution in [0.4, 0.5) is 0 Å². The molecule has 0 aliphatic heterocycles. The lowest BCUT2D eigenvalue weighted by atomic mass is 10.1. The Balaban J connectivity index is 2.03. The minimum absolute atomic E-state index is 0.00643. The van der Waals surface area contributed by atoms with E-state index in [-0.39, 0.29) is 6.61 Å². The first-order valence-corrected chi connectivity index (χ1v) is 9.29. The molecule has 6 nitrogen and oxygen atoms in total. The number of rotatable bonds is 9. The van der Waals surface area contributed by atoms with Crippen LogP contribution in [0.1, 0.15) is 6.92 Å². The lowest BCUT2D eigenvalue weighted by Crippen LogP contribution is -2.09. The zero-order valence-electron chi connectivity index (χ0n) is 16.2. The van der Waals surface area contributed by atoms with E-state index in [0.29, 0.717) is 32.1 Å². The largest absolute Gasteiger partial charge is 0.497 e. The first-order chi connectivity index (χ1) is 13.7. The number of aliphatic hydroxyl groups is 1. The highest BCUT2D eigenvalue weighted by Crippen LogP contribution is 2.26. The van der Waals surface area contributed by atoms with Gasteiger partial charge in [0, 0.05) is 17.0 Å². The smallest absolute Gasteiger partial charge is 0.137 e. The van der Waals surface area contributed by atoms with Crippen molar-refractivity contribution in [3.63, 3.8) is 0 Å². The number of fused-ring (bicyclic) bond motifs is 1. The average molecular weight is 383 g/mol. The van der Waals surface area contributed by atoms with Gasteiger partial charge >= 0.3 is 0 Å². The summed E-state index contributed by atoms with van der Waals surface area (Å²) in [7, 11) is 1.64. The van der Waals surface area contributed by atoms with Crippen LogP contribution in [0.15, 0.2) is 57.9 Å². The predicted molar refractivity (Wildman–Crippen MR) is 108 cm³/mol. The molecule has 0 radical (unpaired) electrons. The Kier molecular flexibility index (Phi) is 7.06. The fourth-order valence-electron chi connectivity index (χ4n) is 2.83. The van der Waals surface area contributed by atoms with Gasteiger partial charge in [-0.2, -0.15) is 0 Å². The monoisotopic (exact) mass is 383 g/mol. The molecule has 148 valence electrons. The van der Waals surface area contributed by atoms with E-state index in [9.17, 15) is 0 Å². The van der Waals surface area contributed by atoms with Gasteiger partial charge in [-0.15, -0.1) is 0 Å². The molecule has 2 aromatic carbocycles. The Morgan fingerprint density at radius 1 is 1.00 bits per heavy atom. The highest BCUT2D eigenvalue weighted by atomic mass is 16.5. The topological polar surface area (TPSA) is 73.4 Å². The second kappa shape index (κ2) is 9.92. The Morgan fingerprint density at radius 2 is 1.79 bits per heavy atom. The summed E-state index contributed by atoms with van der Waals surface area (Å²) in [6.07, 6.45) is 0. The van der Waals surface area contributed by atoms with E-state index in [1.807, 2.05) is 55.5 Å². The van der Waals surface area contributed by atoms with Crippen molar-refractivity contribution in [3.8, 4) is 22.8 Å². The van der Waals surface area contributed by atoms with Crippen molar-refractivity contribution >= 4 is 11.0 Å². The predicted octanol–water partition coefficient (Wildman–Crippen LogP) is 3.42. The number of hydrogen-bond acceptors (Lipinski definition) is 6. The van der Waals surface area contributed by atoms with Crippen LogP contribution in [0.25, 0.3) is 22.3 Å². The lowest BCUT2D eigenvalue weighted by Gasteiger charge is -2.08. The summed E-state index contributed by atoms with van der Waals surface area (Å²) in [4.78, 5) is 4.68. The van der Waals surface area contributed by atoms with Crippen LogP contribution >= 0.6 is 0 Å². The zero-order chi connectivity index (χ0) is 19.8. The van der Waals surface area contributed by atoms with Crippen molar-refractivity contribution in [1.29, 1.82) is 0 Å². The van der Waals surface area contributed by atoms with Gasteiger partial charge in [0.1, 0.15) is 22.8 Å². The van der Waals surface area contributed by atoms with Gasteiger partial charge in [0.05, 0.1) is 45.4 Å². The maximum Gasteiger partial charge on any atom is 0.137 e. The molecule has 0 fully saturated rings. The van der Waals surface area contributed by atoms with Crippen molar-refractivity contribution < 1.29 is 23.7 Å². The van der Waals surface area contributed by atoms with E-state index in [1.165, 1.54) is 0 Å². The lowest BCUT2D eigenvalue weighted by molar-refractivity contribution is 0.0975. The number of aliphatic hydroxyl groups excluding tert-OH is 1. The summed E-state index contributed by atoms with van der Waals surface area (Å²) >= 11 is 0. The molecule has 3 aromatic rings. The van der Waals surface area contributed by atoms with E-state index >= 15 is 0 Å². The van der Waals surface area contributed by atoms with Crippen LogP contribution in [-0.2, 0) is 4.74 Å². The SMILES string of the molecule is CCOc1ccc2oc(-c3ccc(OC)cc3)cc(=NCCOCCO)c2c1. The summed E-state index contributed by atoms with van der Waals surface area (Å²) in [5.74, 6) is 2.28. The molecule has 0 unspecified atom stereocenters. The molecule has 0 aliphatic carbocycles. The molecule has 0 bridgehead atoms. The van der Waals surface area contributed by atoms with Crippen molar-refractivity contribution in [2.75, 3.05) is 40.1 Å². The summed E-state index contributed by atoms with van der Waals surface area (Å²) in [6, 6.07) is 15.3. The minimum Gasteiger partial charge on any atom is -0.497 e. The maximum atomic E-state index is 8.81. The first kappa shape index (κ1) is 19.9. The molecule has 0 saturated heterocycles. The Bertz CT molecular complexity index is 963. The van der Waals surface area contributed by atoms with Crippen molar-refractivity contribution in [3.05, 3.63) is 53.9 Å². The standard InChI is InChI=1S/C22H25NO5/c1-3-27-18-8-9-21-19(14-18)20(23-10-12-26-13-11-24)15-22(28-21)16-4-6-17(25-2)7-5-16/h4-9,14-15,24H,3,10-13H2,1-2H3. The molecular formula is C22H25NO5. The molecule has 0 saturated carbocycles. The summed E-state index contributed by atoms with van der Waals surface area (Å²) in [5, 5.41) is 10.5. The van der Waals surface area contributed by atoms with Gasteiger partial charge in [-0.25, -0.2) is 0 Å². The summed E-state index contributed by atoms with van der Waals surface area (Å²) < 4.78 is 22.3. The van der Waals surface area contributed by atoms with E-state index in [4.69, 9.17) is 23.7 Å². The minimum atomic E-state index is 0.00643. The van der Waals surface area contributed by atoms with E-state index < -0.39 is 0 Å². The molecule has 1 N–H and O–H groups in total. The van der Waals surface area contributed by atoms with Gasteiger partial charge in [0.2, 0.25) is 0 Å². The molecule has 3 rings (SSSR count). The third-order valence-electron chi connectivity index (χ3n) is 4.15. The number of hydrogen-bond donors (Lipinski definition) is 1. The van der Waals surface area contributed by atoms with Crippen LogP contribution in [0, 0.1) is 0 Å². The zero-order valence-corrected chi connectivity index (χ0v) is 16.2. The normalized spacial score (nSPS) is 11.8. The van der Waals surface area contributed by atoms with Crippen molar-refractivity contribution in [2.45, 2.75) is 6.92 Å². The van der Waals surface area contributed by atoms with Gasteiger partial charge in [0.15, 0.2) is 0 Å². The highest BCUT2D eigenvalue weighted by molar-refractivity contribution is 5.80. The van der Waals surface area contributed by atoms with Crippen LogP contribution in [0.5, 0.6) is 11.5 Å². The molecule has 0 atom stereocenters. The Hall–Kier alpha value is -2.83. The molecule has 28 heavy (non-hydrogen) atoms. The molecule has 0 amide bonds. The van der Waals surface area contributed by atoms with Crippen LogP contribution in [0.2, 0.25) is 0 Å². The highest BCUT2D eigenvalue weighted by Gasteiger charge is 2.08. The van der Waals surface area contributed by atoms with Crippen molar-refractivity contribution in [2.24, 2.45) is 4.99 Å². The van der Waals surface area contributed by atoms with Crippen LogP contribution < -0.4 is 14.8 Å². The molecule has 0 spiro atoms. The van der Waals surface area contributed by atoms with E-state index in [0.717, 1.165) is 33.4 Å². The van der Waals surface area contributed by atoms with Crippen LogP contribution in [-0.4, -0.2) is 45.2 Å². The Labute approximate surface area is 164 Å². The second-order valence-electron chi connectivity index (χ2n) is 6.03. The van der Waals surface area contributed by atoms with Gasteiger partial charge in [-0.1, -0.05) is 0 Å². The van der Waals surface area contributed by atoms with Gasteiger partial charge < -0.3 is 23.7 Å². The molecule has 1 aromatic heterocycles. The second-order valence-corrected chi connectivity index (χ2v) is 6.03. The number of benzene rings is 2. The van der Waals surface area contributed by atoms with E-state index in [1.54, 1.807) is 7.11 Å². The maximum absolute atomic E-state index is 8.81. The molecule has 1 heterocycles. The van der Waals surface area contributed by atoms with Crippen molar-refractivity contribution in [1.82, 2.24) is 0 Å². The van der Waals surface area contributed by atoms with Gasteiger partial charge in [-0.3, -0.25) is 4.99 Å². The third-order valence-corrected chi connectivity index (χ3v) is 4.15. The summed E-state index contributed by atoms with van der Waals surface area (Å²) in [5.41, 5.74) is 1.66. The van der Waals surface area contributed by atoms with Crippen LogP contribution in [0.3, 0.4) is 0 Å². The molecule has 6 heteroatoms. The fourth-order valence-corrected chi connectivity index (χ4v) is 2.83. The fraction of sp³-hybridized carbons (Fsp3) is 0.318. The molecular weight excluding hydrogens is 358 g/mol.